The Morgan fingerprint density at radius 1 is 0.333 bits per heavy atom. The van der Waals surface area contributed by atoms with Crippen molar-refractivity contribution in [3.63, 3.8) is 0 Å². The first-order valence-corrected chi connectivity index (χ1v) is 1.34. The monoisotopic (exact) mass is 331 g/mol. The van der Waals surface area contributed by atoms with E-state index in [0.29, 0.717) is 0 Å². The summed E-state index contributed by atoms with van der Waals surface area (Å²) in [5, 5.41) is 37.5. The van der Waals surface area contributed by atoms with E-state index in [4.69, 9.17) is 71.0 Å². The Morgan fingerprint density at radius 2 is 0.333 bits per heavy atom. The van der Waals surface area contributed by atoms with Crippen molar-refractivity contribution in [2.75, 3.05) is 0 Å². The molecule has 9 heteroatoms. The fraction of sp³-hybridized carbons (Fsp3) is 0. The van der Waals surface area contributed by atoms with Gasteiger partial charge in [-0.05, 0) is 0 Å². The van der Waals surface area contributed by atoms with E-state index >= 15 is 0 Å². The van der Waals surface area contributed by atoms with Crippen LogP contribution in [-0.4, -0.2) is 0 Å². The second-order valence-corrected chi connectivity index (χ2v) is 0. The molecule has 0 aliphatic rings. The van der Waals surface area contributed by atoms with E-state index < -0.39 is 0 Å². The summed E-state index contributed by atoms with van der Waals surface area (Å²) in [6.45, 7) is 28.5. The zero-order valence-corrected chi connectivity index (χ0v) is 9.84. The number of nitrogens with zero attached hydrogens (tertiary/aromatic N) is 6. The number of hydrogen-bond acceptors (Lipinski definition) is 6. The second kappa shape index (κ2) is 733. The van der Waals surface area contributed by atoms with Crippen LogP contribution in [0.15, 0.2) is 0 Å². The third-order valence-corrected chi connectivity index (χ3v) is 0. The van der Waals surface area contributed by atoms with Gasteiger partial charge in [0.1, 0.15) is 0 Å². The van der Waals surface area contributed by atoms with Gasteiger partial charge in [0, 0.05) is 0 Å². The van der Waals surface area contributed by atoms with Crippen LogP contribution in [-0.2, 0) is 51.2 Å². The van der Waals surface area contributed by atoms with Crippen LogP contribution in [0.2, 0.25) is 0 Å². The molecular weight excluding hydrogens is 331 g/mol. The molecule has 0 atom stereocenters. The Labute approximate surface area is 122 Å². The number of hydrogen-bond donors (Lipinski definition) is 0. The van der Waals surface area contributed by atoms with Crippen molar-refractivity contribution < 1.29 is 51.2 Å². The maximum atomic E-state index is 6.25. The quantitative estimate of drug-likeness (QED) is 0.469. The Bertz CT molecular complexity index is 101. The van der Waals surface area contributed by atoms with Gasteiger partial charge < -0.3 is 71.0 Å². The van der Waals surface area contributed by atoms with E-state index in [1.807, 2.05) is 0 Å². The molecule has 0 aromatic carbocycles. The fourth-order valence-corrected chi connectivity index (χ4v) is 0. The summed E-state index contributed by atoms with van der Waals surface area (Å²) in [6.07, 6.45) is 0. The summed E-state index contributed by atoms with van der Waals surface area (Å²) in [5.41, 5.74) is 0. The molecule has 0 saturated heterocycles. The molecule has 6 nitrogen and oxygen atoms in total. The first kappa shape index (κ1) is 104. The summed E-state index contributed by atoms with van der Waals surface area (Å²) >= 11 is 0. The zero-order chi connectivity index (χ0) is 12.0. The van der Waals surface area contributed by atoms with Gasteiger partial charge in [0.15, 0.2) is 0 Å². The van der Waals surface area contributed by atoms with Crippen LogP contribution in [0.1, 0.15) is 0 Å². The van der Waals surface area contributed by atoms with Gasteiger partial charge in [-0.25, -0.2) is 0 Å². The van der Waals surface area contributed by atoms with Crippen LogP contribution in [0, 0.1) is 71.0 Å². The van der Waals surface area contributed by atoms with E-state index in [-0.39, 0.29) is 51.2 Å². The van der Waals surface area contributed by atoms with Crippen LogP contribution < -0.4 is 0 Å². The van der Waals surface area contributed by atoms with Gasteiger partial charge in [-0.3, -0.25) is 0 Å². The molecule has 0 bridgehead atoms. The standard InChI is InChI=1S/6CN.Cu.2Fe/c6*1-2;;;/q6*-1;3*+2. The predicted octanol–water partition coefficient (Wildman–Crippen LogP) is 0.571. The average Bonchev–Trinajstić information content (AvgIpc) is 2.33. The van der Waals surface area contributed by atoms with Crippen molar-refractivity contribution in [1.82, 2.24) is 0 Å². The first-order valence-electron chi connectivity index (χ1n) is 1.34. The van der Waals surface area contributed by atoms with Crippen LogP contribution in [0.3, 0.4) is 0 Å². The molecule has 1 radical (unpaired) electrons. The molecule has 0 aromatic rings. The third kappa shape index (κ3) is 611. The van der Waals surface area contributed by atoms with Crippen molar-refractivity contribution in [3.8, 4) is 0 Å². The molecule has 0 heterocycles. The summed E-state index contributed by atoms with van der Waals surface area (Å²) in [7, 11) is 0. The van der Waals surface area contributed by atoms with Gasteiger partial charge in [0.05, 0.1) is 0 Å². The molecular formula is C6CuFe2N6. The second-order valence-electron chi connectivity index (χ2n) is 0. The molecule has 0 spiro atoms. The van der Waals surface area contributed by atoms with Crippen molar-refractivity contribution >= 4 is 0 Å². The van der Waals surface area contributed by atoms with Gasteiger partial charge in [-0.2, -0.15) is 0 Å². The molecule has 0 fully saturated rings. The molecule has 0 N–H and O–H groups in total. The van der Waals surface area contributed by atoms with Crippen molar-refractivity contribution in [1.29, 1.82) is 31.6 Å². The number of rotatable bonds is 0. The van der Waals surface area contributed by atoms with Crippen LogP contribution in [0.5, 0.6) is 0 Å². The van der Waals surface area contributed by atoms with Crippen LogP contribution in [0.4, 0.5) is 0 Å². The minimum absolute atomic E-state index is 0. The van der Waals surface area contributed by atoms with Crippen molar-refractivity contribution in [3.05, 3.63) is 39.4 Å². The maximum absolute atomic E-state index is 6.25. The summed E-state index contributed by atoms with van der Waals surface area (Å²) in [6, 6.07) is 0. The maximum Gasteiger partial charge on any atom is 2.00 e. The fourth-order valence-electron chi connectivity index (χ4n) is 0. The molecule has 0 saturated carbocycles. The largest absolute Gasteiger partial charge is 2.00 e. The minimum Gasteiger partial charge on any atom is -0.512 e. The van der Waals surface area contributed by atoms with Crippen molar-refractivity contribution in [2.45, 2.75) is 0 Å². The van der Waals surface area contributed by atoms with Gasteiger partial charge in [0.2, 0.25) is 0 Å². The molecule has 15 heavy (non-hydrogen) atoms. The topological polar surface area (TPSA) is 143 Å². The van der Waals surface area contributed by atoms with Gasteiger partial charge in [-0.1, -0.05) is 0 Å². The Morgan fingerprint density at radius 3 is 0.333 bits per heavy atom. The third-order valence-electron chi connectivity index (χ3n) is 0. The van der Waals surface area contributed by atoms with Gasteiger partial charge in [0.25, 0.3) is 0 Å². The molecule has 0 aliphatic heterocycles. The Balaban J connectivity index is -0.00000000396. The van der Waals surface area contributed by atoms with E-state index in [2.05, 4.69) is 0 Å². The molecule has 0 amide bonds. The first-order chi connectivity index (χ1) is 6.00. The SMILES string of the molecule is [C-]#N.[C-]#N.[C-]#N.[C-]#N.[C-]#N.[C-]#N.[Cu+2].[Fe+2].[Fe+2]. The molecule has 0 unspecified atom stereocenters. The van der Waals surface area contributed by atoms with Crippen molar-refractivity contribution in [2.24, 2.45) is 0 Å². The molecule has 0 aliphatic carbocycles. The average molecular weight is 331 g/mol. The summed E-state index contributed by atoms with van der Waals surface area (Å²) in [5.74, 6) is 0. The smallest absolute Gasteiger partial charge is 0.512 e. The predicted molar refractivity (Wildman–Crippen MR) is 29.8 cm³/mol. The van der Waals surface area contributed by atoms with Crippen LogP contribution in [0.25, 0.3) is 0 Å². The minimum atomic E-state index is 0. The van der Waals surface area contributed by atoms with E-state index in [1.54, 1.807) is 0 Å². The van der Waals surface area contributed by atoms with E-state index in [9.17, 15) is 0 Å². The molecule has 0 rings (SSSR count). The normalized spacial score (nSPS) is 0.800. The van der Waals surface area contributed by atoms with Gasteiger partial charge in [-0.15, -0.1) is 0 Å². The molecule has 81 valence electrons. The Kier molecular flexibility index (Phi) is 5090. The summed E-state index contributed by atoms with van der Waals surface area (Å²) in [4.78, 5) is 0. The zero-order valence-electron chi connectivity index (χ0n) is 6.69. The van der Waals surface area contributed by atoms with E-state index in [0.717, 1.165) is 0 Å². The molecule has 0 aromatic heterocycles. The Hall–Kier alpha value is -1.50. The van der Waals surface area contributed by atoms with Crippen LogP contribution >= 0.6 is 0 Å². The summed E-state index contributed by atoms with van der Waals surface area (Å²) < 4.78 is 0. The van der Waals surface area contributed by atoms with Gasteiger partial charge >= 0.3 is 51.2 Å². The van der Waals surface area contributed by atoms with E-state index in [1.165, 1.54) is 0 Å².